The Bertz CT molecular complexity index is 689. The average Bonchev–Trinajstić information content (AvgIpc) is 2.67. The van der Waals surface area contributed by atoms with Crippen molar-refractivity contribution in [2.24, 2.45) is 17.8 Å². The number of hydrogen-bond acceptors (Lipinski definition) is 4. The minimum atomic E-state index is -0.0602. The highest BCUT2D eigenvalue weighted by Crippen LogP contribution is 2.55. The molecular weight excluding hydrogens is 350 g/mol. The van der Waals surface area contributed by atoms with Gasteiger partial charge in [-0.25, -0.2) is 0 Å². The summed E-state index contributed by atoms with van der Waals surface area (Å²) in [5.41, 5.74) is 1.25. The summed E-state index contributed by atoms with van der Waals surface area (Å²) in [6, 6.07) is 7.35. The quantitative estimate of drug-likeness (QED) is 0.839. The van der Waals surface area contributed by atoms with Crippen molar-refractivity contribution in [3.05, 3.63) is 24.3 Å². The molecule has 1 aromatic carbocycles. The Morgan fingerprint density at radius 2 is 1.54 bits per heavy atom. The third-order valence-corrected chi connectivity index (χ3v) is 7.88. The molecule has 0 spiro atoms. The Morgan fingerprint density at radius 3 is 2.07 bits per heavy atom. The molecule has 1 amide bonds. The minimum absolute atomic E-state index is 0.0602. The highest BCUT2D eigenvalue weighted by molar-refractivity contribution is 5.82. The van der Waals surface area contributed by atoms with Crippen LogP contribution in [0.5, 0.6) is 5.75 Å². The molecule has 5 fully saturated rings. The van der Waals surface area contributed by atoms with Gasteiger partial charge in [-0.2, -0.15) is 0 Å². The second-order valence-electron chi connectivity index (χ2n) is 9.90. The first-order valence-corrected chi connectivity index (χ1v) is 11.1. The number of aromatic hydroxyl groups is 1. The van der Waals surface area contributed by atoms with Gasteiger partial charge in [-0.15, -0.1) is 0 Å². The van der Waals surface area contributed by atoms with Gasteiger partial charge in [0.2, 0.25) is 5.91 Å². The van der Waals surface area contributed by atoms with Crippen LogP contribution in [0.3, 0.4) is 0 Å². The van der Waals surface area contributed by atoms with E-state index >= 15 is 0 Å². The van der Waals surface area contributed by atoms with Crippen molar-refractivity contribution in [3.8, 4) is 5.75 Å². The highest BCUT2D eigenvalue weighted by atomic mass is 16.3. The summed E-state index contributed by atoms with van der Waals surface area (Å²) in [5.74, 6) is 3.11. The Morgan fingerprint density at radius 1 is 1.00 bits per heavy atom. The molecule has 1 saturated heterocycles. The number of hydrogen-bond donors (Lipinski definition) is 2. The first-order valence-electron chi connectivity index (χ1n) is 11.1. The largest absolute Gasteiger partial charge is 0.508 e. The smallest absolute Gasteiger partial charge is 0.237 e. The molecule has 0 unspecified atom stereocenters. The lowest BCUT2D eigenvalue weighted by Gasteiger charge is -2.57. The molecule has 1 atom stereocenters. The fourth-order valence-corrected chi connectivity index (χ4v) is 6.83. The fraction of sp³-hybridized carbons (Fsp3) is 0.696. The van der Waals surface area contributed by atoms with Crippen LogP contribution in [-0.4, -0.2) is 53.7 Å². The summed E-state index contributed by atoms with van der Waals surface area (Å²) in [7, 11) is 0. The van der Waals surface area contributed by atoms with Gasteiger partial charge in [-0.1, -0.05) is 0 Å². The van der Waals surface area contributed by atoms with Crippen LogP contribution in [0.25, 0.3) is 0 Å². The van der Waals surface area contributed by atoms with Crippen molar-refractivity contribution in [3.63, 3.8) is 0 Å². The number of phenols is 1. The number of phenolic OH excluding ortho intramolecular Hbond substituents is 1. The monoisotopic (exact) mass is 383 g/mol. The van der Waals surface area contributed by atoms with Gasteiger partial charge in [-0.05, 0) is 87.5 Å². The molecule has 1 heterocycles. The molecule has 4 bridgehead atoms. The molecular formula is C23H33N3O2. The van der Waals surface area contributed by atoms with Gasteiger partial charge in [0.05, 0.1) is 6.04 Å². The number of carbonyl (C=O) groups is 1. The normalized spacial score (nSPS) is 35.8. The van der Waals surface area contributed by atoms with E-state index in [9.17, 15) is 9.90 Å². The first-order chi connectivity index (χ1) is 13.5. The molecule has 4 aliphatic carbocycles. The summed E-state index contributed by atoms with van der Waals surface area (Å²) in [6.45, 7) is 5.71. The average molecular weight is 384 g/mol. The number of carbonyl (C=O) groups excluding carboxylic acids is 1. The maximum Gasteiger partial charge on any atom is 0.237 e. The lowest BCUT2D eigenvalue weighted by atomic mass is 9.53. The van der Waals surface area contributed by atoms with E-state index in [4.69, 9.17) is 0 Å². The predicted octanol–water partition coefficient (Wildman–Crippen LogP) is 2.99. The van der Waals surface area contributed by atoms with Gasteiger partial charge in [0.1, 0.15) is 5.75 Å². The SMILES string of the molecule is C[C@H](C(=O)NC12CC3CC(CC(C3)C1)C2)N1CCN(c2ccc(O)cc2)CC1. The molecule has 2 N–H and O–H groups in total. The lowest BCUT2D eigenvalue weighted by molar-refractivity contribution is -0.131. The zero-order chi connectivity index (χ0) is 19.3. The molecule has 0 aromatic heterocycles. The Labute approximate surface area is 168 Å². The number of nitrogens with zero attached hydrogens (tertiary/aromatic N) is 2. The third-order valence-electron chi connectivity index (χ3n) is 7.88. The number of nitrogens with one attached hydrogen (secondary N) is 1. The predicted molar refractivity (Wildman–Crippen MR) is 110 cm³/mol. The lowest BCUT2D eigenvalue weighted by Crippen LogP contribution is -2.63. The van der Waals surface area contributed by atoms with E-state index < -0.39 is 0 Å². The molecule has 1 aromatic rings. The molecule has 6 rings (SSSR count). The molecule has 0 radical (unpaired) electrons. The van der Waals surface area contributed by atoms with E-state index in [1.807, 2.05) is 12.1 Å². The van der Waals surface area contributed by atoms with Gasteiger partial charge in [0, 0.05) is 37.4 Å². The van der Waals surface area contributed by atoms with Crippen LogP contribution in [0.1, 0.15) is 45.4 Å². The number of amides is 1. The number of piperazine rings is 1. The van der Waals surface area contributed by atoms with Gasteiger partial charge >= 0.3 is 0 Å². The molecule has 5 aliphatic rings. The molecule has 5 heteroatoms. The van der Waals surface area contributed by atoms with Crippen LogP contribution >= 0.6 is 0 Å². The van der Waals surface area contributed by atoms with Crippen LogP contribution in [0.4, 0.5) is 5.69 Å². The van der Waals surface area contributed by atoms with Crippen molar-refractivity contribution in [2.45, 2.75) is 57.0 Å². The number of anilines is 1. The molecule has 5 nitrogen and oxygen atoms in total. The van der Waals surface area contributed by atoms with Gasteiger partial charge in [-0.3, -0.25) is 9.69 Å². The Balaban J connectivity index is 1.17. The van der Waals surface area contributed by atoms with Crippen LogP contribution in [0.15, 0.2) is 24.3 Å². The van der Waals surface area contributed by atoms with E-state index in [2.05, 4.69) is 22.0 Å². The molecule has 28 heavy (non-hydrogen) atoms. The first kappa shape index (κ1) is 18.3. The number of rotatable bonds is 4. The van der Waals surface area contributed by atoms with Crippen molar-refractivity contribution in [1.29, 1.82) is 0 Å². The van der Waals surface area contributed by atoms with Gasteiger partial charge < -0.3 is 15.3 Å². The zero-order valence-corrected chi connectivity index (χ0v) is 16.9. The van der Waals surface area contributed by atoms with Crippen molar-refractivity contribution in [2.75, 3.05) is 31.1 Å². The van der Waals surface area contributed by atoms with E-state index in [0.29, 0.717) is 5.75 Å². The summed E-state index contributed by atoms with van der Waals surface area (Å²) in [5, 5.41) is 13.0. The topological polar surface area (TPSA) is 55.8 Å². The van der Waals surface area contributed by atoms with Gasteiger partial charge in [0.15, 0.2) is 0 Å². The summed E-state index contributed by atoms with van der Waals surface area (Å²) in [6.07, 6.45) is 7.86. The van der Waals surface area contributed by atoms with Crippen LogP contribution in [0.2, 0.25) is 0 Å². The maximum atomic E-state index is 13.1. The third kappa shape index (κ3) is 3.38. The number of benzene rings is 1. The molecule has 152 valence electrons. The maximum absolute atomic E-state index is 13.1. The minimum Gasteiger partial charge on any atom is -0.508 e. The van der Waals surface area contributed by atoms with Crippen molar-refractivity contribution in [1.82, 2.24) is 10.2 Å². The highest BCUT2D eigenvalue weighted by Gasteiger charge is 2.51. The zero-order valence-electron chi connectivity index (χ0n) is 16.9. The molecule has 4 saturated carbocycles. The van der Waals surface area contributed by atoms with E-state index in [-0.39, 0.29) is 17.5 Å². The Kier molecular flexibility index (Phi) is 4.53. The van der Waals surface area contributed by atoms with E-state index in [1.54, 1.807) is 12.1 Å². The summed E-state index contributed by atoms with van der Waals surface area (Å²) in [4.78, 5) is 17.8. The van der Waals surface area contributed by atoms with Crippen molar-refractivity contribution < 1.29 is 9.90 Å². The fourth-order valence-electron chi connectivity index (χ4n) is 6.83. The van der Waals surface area contributed by atoms with Crippen molar-refractivity contribution >= 4 is 11.6 Å². The van der Waals surface area contributed by atoms with E-state index in [1.165, 1.54) is 38.5 Å². The second kappa shape index (κ2) is 6.94. The van der Waals surface area contributed by atoms with Crippen LogP contribution in [-0.2, 0) is 4.79 Å². The summed E-state index contributed by atoms with van der Waals surface area (Å²) < 4.78 is 0. The van der Waals surface area contributed by atoms with Crippen LogP contribution < -0.4 is 10.2 Å². The Hall–Kier alpha value is -1.75. The van der Waals surface area contributed by atoms with Crippen LogP contribution in [0, 0.1) is 17.8 Å². The second-order valence-corrected chi connectivity index (χ2v) is 9.90. The molecule has 1 aliphatic heterocycles. The van der Waals surface area contributed by atoms with E-state index in [0.717, 1.165) is 49.6 Å². The standard InChI is InChI=1S/C23H33N3O2/c1-16(25-6-8-26(9-7-25)20-2-4-21(27)5-3-20)22(28)24-23-13-17-10-18(14-23)12-19(11-17)15-23/h2-5,16-19,27H,6-15H2,1H3,(H,24,28)/t16-,17?,18?,19?,23?/m1/s1. The summed E-state index contributed by atoms with van der Waals surface area (Å²) >= 11 is 0. The van der Waals surface area contributed by atoms with Gasteiger partial charge in [0.25, 0.3) is 0 Å².